The lowest BCUT2D eigenvalue weighted by molar-refractivity contribution is 0.893. The molecule has 0 amide bonds. The van der Waals surface area contributed by atoms with Gasteiger partial charge in [0.15, 0.2) is 5.82 Å². The molecule has 0 unspecified atom stereocenters. The number of nitrogens with zero attached hydrogens (tertiary/aromatic N) is 7. The van der Waals surface area contributed by atoms with Gasteiger partial charge in [-0.1, -0.05) is 115 Å². The second-order valence-electron chi connectivity index (χ2n) is 14.7. The number of fused-ring (bicyclic) bond motifs is 12. The minimum Gasteiger partial charge on any atom is -0.293 e. The quantitative estimate of drug-likeness (QED) is 0.181. The predicted molar refractivity (Wildman–Crippen MR) is 232 cm³/mol. The fraction of sp³-hybridized carbons (Fsp3) is 0. The molecule has 13 rings (SSSR count). The zero-order chi connectivity index (χ0) is 37.2. The summed E-state index contributed by atoms with van der Waals surface area (Å²) in [5.41, 5.74) is 10.6. The molecule has 0 atom stereocenters. The van der Waals surface area contributed by atoms with Crippen LogP contribution in [0, 0.1) is 0 Å². The van der Waals surface area contributed by atoms with Gasteiger partial charge < -0.3 is 0 Å². The Bertz CT molecular complexity index is 3540. The van der Waals surface area contributed by atoms with E-state index in [1.54, 1.807) is 0 Å². The number of pyridine rings is 1. The SMILES string of the molecule is c1cc(-c2ccc3c(c2)c2cccc4c5cccnc5n3c24)cc(-c2nc(-n3c4ccccc4c4ccccc43)nc(-n3c4ccccc4c4ccccc43)n2)c1. The van der Waals surface area contributed by atoms with Crippen LogP contribution in [0.1, 0.15) is 0 Å². The topological polar surface area (TPSA) is 65.8 Å². The van der Waals surface area contributed by atoms with Crippen molar-refractivity contribution < 1.29 is 0 Å². The average Bonchev–Trinajstić information content (AvgIpc) is 4.01. The van der Waals surface area contributed by atoms with Gasteiger partial charge >= 0.3 is 0 Å². The number of hydrogen-bond donors (Lipinski definition) is 0. The normalized spacial score (nSPS) is 12.2. The van der Waals surface area contributed by atoms with Crippen LogP contribution in [0.2, 0.25) is 0 Å². The molecule has 7 nitrogen and oxygen atoms in total. The molecule has 0 fully saturated rings. The van der Waals surface area contributed by atoms with Crippen molar-refractivity contribution in [1.29, 1.82) is 0 Å². The van der Waals surface area contributed by atoms with Crippen molar-refractivity contribution in [2.24, 2.45) is 0 Å². The van der Waals surface area contributed by atoms with Crippen LogP contribution < -0.4 is 0 Å². The van der Waals surface area contributed by atoms with Crippen molar-refractivity contribution in [3.8, 4) is 34.4 Å². The molecule has 57 heavy (non-hydrogen) atoms. The highest BCUT2D eigenvalue weighted by molar-refractivity contribution is 6.23. The average molecular weight is 728 g/mol. The van der Waals surface area contributed by atoms with E-state index in [9.17, 15) is 0 Å². The second-order valence-corrected chi connectivity index (χ2v) is 14.7. The Hall–Kier alpha value is -7.90. The summed E-state index contributed by atoms with van der Waals surface area (Å²) in [6.45, 7) is 0. The summed E-state index contributed by atoms with van der Waals surface area (Å²) in [4.78, 5) is 20.7. The van der Waals surface area contributed by atoms with Gasteiger partial charge in [0.2, 0.25) is 11.9 Å². The van der Waals surface area contributed by atoms with Crippen molar-refractivity contribution in [2.45, 2.75) is 0 Å². The molecule has 0 bridgehead atoms. The van der Waals surface area contributed by atoms with E-state index in [0.717, 1.165) is 71.5 Å². The Labute approximate surface area is 324 Å². The minimum absolute atomic E-state index is 0.563. The number of hydrogen-bond acceptors (Lipinski definition) is 4. The van der Waals surface area contributed by atoms with Crippen LogP contribution in [-0.4, -0.2) is 33.5 Å². The maximum atomic E-state index is 5.32. The Morgan fingerprint density at radius 3 is 1.44 bits per heavy atom. The van der Waals surface area contributed by atoms with E-state index in [1.165, 1.54) is 27.1 Å². The molecular weight excluding hydrogens is 699 g/mol. The summed E-state index contributed by atoms with van der Waals surface area (Å²) in [6.07, 6.45) is 1.88. The van der Waals surface area contributed by atoms with Gasteiger partial charge in [-0.05, 0) is 65.7 Å². The molecule has 0 N–H and O–H groups in total. The Morgan fingerprint density at radius 2 is 0.825 bits per heavy atom. The summed E-state index contributed by atoms with van der Waals surface area (Å²) >= 11 is 0. The smallest absolute Gasteiger partial charge is 0.240 e. The van der Waals surface area contributed by atoms with Crippen LogP contribution in [0.25, 0.3) is 116 Å². The van der Waals surface area contributed by atoms with Crippen LogP contribution in [0.4, 0.5) is 0 Å². The van der Waals surface area contributed by atoms with Crippen LogP contribution >= 0.6 is 0 Å². The van der Waals surface area contributed by atoms with Crippen molar-refractivity contribution in [1.82, 2.24) is 33.5 Å². The first-order valence-corrected chi connectivity index (χ1v) is 19.2. The van der Waals surface area contributed by atoms with Gasteiger partial charge in [0.05, 0.1) is 33.1 Å². The molecule has 0 aliphatic rings. The van der Waals surface area contributed by atoms with E-state index in [2.05, 4.69) is 177 Å². The van der Waals surface area contributed by atoms with Crippen LogP contribution in [0.15, 0.2) is 176 Å². The zero-order valence-electron chi connectivity index (χ0n) is 30.4. The molecule has 0 radical (unpaired) electrons. The van der Waals surface area contributed by atoms with Gasteiger partial charge in [-0.2, -0.15) is 15.0 Å². The van der Waals surface area contributed by atoms with Gasteiger partial charge in [0.25, 0.3) is 0 Å². The maximum absolute atomic E-state index is 5.32. The standard InChI is InChI=1S/C50H29N7/c1-5-21-41-33(14-1)34-15-2-6-22-42(34)55(41)49-52-47(53-50(54-49)56-43-23-7-3-16-35(43)36-17-4-8-24-44(36)56)32-13-9-12-30(28-32)31-25-26-45-40(29-31)38-19-10-18-37-39-20-11-27-51-48(39)57(45)46(37)38/h1-29H. The lowest BCUT2D eigenvalue weighted by atomic mass is 10.00. The first-order chi connectivity index (χ1) is 28.3. The molecule has 0 saturated carbocycles. The van der Waals surface area contributed by atoms with Crippen molar-refractivity contribution >= 4 is 81.8 Å². The lowest BCUT2D eigenvalue weighted by Crippen LogP contribution is -2.10. The van der Waals surface area contributed by atoms with Crippen molar-refractivity contribution in [3.63, 3.8) is 0 Å². The molecule has 6 aromatic heterocycles. The molecular formula is C50H29N7. The zero-order valence-corrected chi connectivity index (χ0v) is 30.4. The van der Waals surface area contributed by atoms with E-state index in [0.29, 0.717) is 17.7 Å². The third-order valence-electron chi connectivity index (χ3n) is 11.7. The van der Waals surface area contributed by atoms with Gasteiger partial charge in [-0.3, -0.25) is 13.5 Å². The number of benzene rings is 7. The monoisotopic (exact) mass is 727 g/mol. The molecule has 0 spiro atoms. The van der Waals surface area contributed by atoms with Crippen LogP contribution in [-0.2, 0) is 0 Å². The maximum Gasteiger partial charge on any atom is 0.240 e. The third-order valence-corrected chi connectivity index (χ3v) is 11.7. The van der Waals surface area contributed by atoms with Gasteiger partial charge in [0, 0.05) is 54.9 Å². The number of aromatic nitrogens is 7. The van der Waals surface area contributed by atoms with E-state index in [-0.39, 0.29) is 0 Å². The molecule has 13 aromatic rings. The van der Waals surface area contributed by atoms with Crippen molar-refractivity contribution in [3.05, 3.63) is 176 Å². The van der Waals surface area contributed by atoms with E-state index >= 15 is 0 Å². The molecule has 0 aliphatic heterocycles. The van der Waals surface area contributed by atoms with E-state index in [1.807, 2.05) is 12.3 Å². The third kappa shape index (κ3) is 4.20. The molecule has 7 aromatic carbocycles. The molecule has 7 heteroatoms. The number of rotatable bonds is 4. The summed E-state index contributed by atoms with van der Waals surface area (Å²) in [5.74, 6) is 1.72. The molecule has 0 saturated heterocycles. The second kappa shape index (κ2) is 11.3. The predicted octanol–water partition coefficient (Wildman–Crippen LogP) is 11.9. The van der Waals surface area contributed by atoms with Crippen molar-refractivity contribution in [2.75, 3.05) is 0 Å². The number of para-hydroxylation sites is 5. The molecule has 0 aliphatic carbocycles. The summed E-state index contributed by atoms with van der Waals surface area (Å²) in [7, 11) is 0. The van der Waals surface area contributed by atoms with Gasteiger partial charge in [-0.25, -0.2) is 4.98 Å². The first-order valence-electron chi connectivity index (χ1n) is 19.2. The fourth-order valence-corrected chi connectivity index (χ4v) is 9.27. The van der Waals surface area contributed by atoms with Crippen LogP contribution in [0.5, 0.6) is 0 Å². The highest BCUT2D eigenvalue weighted by Crippen LogP contribution is 2.40. The highest BCUT2D eigenvalue weighted by atomic mass is 15.3. The summed E-state index contributed by atoms with van der Waals surface area (Å²) < 4.78 is 6.66. The van der Waals surface area contributed by atoms with E-state index < -0.39 is 0 Å². The van der Waals surface area contributed by atoms with Gasteiger partial charge in [0.1, 0.15) is 5.65 Å². The summed E-state index contributed by atoms with van der Waals surface area (Å²) in [5, 5.41) is 9.43. The largest absolute Gasteiger partial charge is 0.293 e. The van der Waals surface area contributed by atoms with Crippen LogP contribution in [0.3, 0.4) is 0 Å². The minimum atomic E-state index is 0.563. The Balaban J connectivity index is 1.05. The molecule has 6 heterocycles. The fourth-order valence-electron chi connectivity index (χ4n) is 9.27. The Kier molecular flexibility index (Phi) is 6.04. The highest BCUT2D eigenvalue weighted by Gasteiger charge is 2.22. The lowest BCUT2D eigenvalue weighted by Gasteiger charge is -2.13. The molecule has 264 valence electrons. The summed E-state index contributed by atoms with van der Waals surface area (Å²) in [6, 6.07) is 60.0. The van der Waals surface area contributed by atoms with Gasteiger partial charge in [-0.15, -0.1) is 0 Å². The van der Waals surface area contributed by atoms with E-state index in [4.69, 9.17) is 19.9 Å². The Morgan fingerprint density at radius 1 is 0.333 bits per heavy atom. The first kappa shape index (κ1) is 30.4.